The lowest BCUT2D eigenvalue weighted by molar-refractivity contribution is 0.1000. The predicted octanol–water partition coefficient (Wildman–Crippen LogP) is 4.99. The van der Waals surface area contributed by atoms with Crippen LogP contribution in [-0.4, -0.2) is 16.9 Å². The average Bonchev–Trinajstić information content (AvgIpc) is 2.72. The molecule has 0 aliphatic heterocycles. The van der Waals surface area contributed by atoms with Crippen LogP contribution in [0.4, 0.5) is 0 Å². The van der Waals surface area contributed by atoms with Crippen molar-refractivity contribution in [1.29, 1.82) is 0 Å². The third kappa shape index (κ3) is 5.69. The lowest BCUT2D eigenvalue weighted by Crippen LogP contribution is -2.32. The summed E-state index contributed by atoms with van der Waals surface area (Å²) in [5.41, 5.74) is 9.39. The summed E-state index contributed by atoms with van der Waals surface area (Å²) >= 11 is 0. The molecular formula is C23H27Cl2N3O. The maximum Gasteiger partial charge on any atom is 0.248 e. The number of carbonyl (C=O) groups excluding carboxylic acids is 1. The van der Waals surface area contributed by atoms with Gasteiger partial charge in [0.25, 0.3) is 0 Å². The fraction of sp³-hybridized carbons (Fsp3) is 0.304. The van der Waals surface area contributed by atoms with Gasteiger partial charge < -0.3 is 11.1 Å². The molecule has 1 fully saturated rings. The first-order valence-electron chi connectivity index (χ1n) is 9.67. The van der Waals surface area contributed by atoms with Gasteiger partial charge >= 0.3 is 0 Å². The molecule has 3 aromatic rings. The number of primary amides is 1. The number of hydrogen-bond acceptors (Lipinski definition) is 3. The van der Waals surface area contributed by atoms with Gasteiger partial charge in [-0.05, 0) is 61.4 Å². The third-order valence-corrected chi connectivity index (χ3v) is 5.60. The van der Waals surface area contributed by atoms with E-state index < -0.39 is 0 Å². The van der Waals surface area contributed by atoms with Gasteiger partial charge in [0.15, 0.2) is 0 Å². The summed E-state index contributed by atoms with van der Waals surface area (Å²) < 4.78 is 0. The zero-order valence-corrected chi connectivity index (χ0v) is 17.8. The number of pyridine rings is 1. The molecule has 6 heteroatoms. The molecule has 1 aliphatic rings. The van der Waals surface area contributed by atoms with E-state index in [0.29, 0.717) is 17.5 Å². The van der Waals surface area contributed by atoms with E-state index in [4.69, 9.17) is 10.7 Å². The highest BCUT2D eigenvalue weighted by Gasteiger charge is 2.22. The molecule has 0 spiro atoms. The van der Waals surface area contributed by atoms with E-state index in [1.807, 2.05) is 24.3 Å². The van der Waals surface area contributed by atoms with Gasteiger partial charge in [-0.25, -0.2) is 0 Å². The van der Waals surface area contributed by atoms with Crippen molar-refractivity contribution in [2.75, 3.05) is 0 Å². The minimum Gasteiger partial charge on any atom is -0.366 e. The van der Waals surface area contributed by atoms with Gasteiger partial charge in [-0.15, -0.1) is 24.8 Å². The number of amides is 1. The molecule has 1 aliphatic carbocycles. The van der Waals surface area contributed by atoms with Crippen molar-refractivity contribution in [3.05, 3.63) is 77.5 Å². The smallest absolute Gasteiger partial charge is 0.248 e. The molecule has 0 atom stereocenters. The van der Waals surface area contributed by atoms with Crippen LogP contribution in [0.2, 0.25) is 0 Å². The molecule has 0 saturated heterocycles. The largest absolute Gasteiger partial charge is 0.366 e. The van der Waals surface area contributed by atoms with Crippen molar-refractivity contribution in [2.45, 2.75) is 44.2 Å². The predicted molar refractivity (Wildman–Crippen MR) is 123 cm³/mol. The van der Waals surface area contributed by atoms with E-state index in [1.165, 1.54) is 10.9 Å². The van der Waals surface area contributed by atoms with Gasteiger partial charge in [0, 0.05) is 23.5 Å². The second kappa shape index (κ2) is 10.6. The van der Waals surface area contributed by atoms with E-state index in [2.05, 4.69) is 35.6 Å². The summed E-state index contributed by atoms with van der Waals surface area (Å²) in [6, 6.07) is 20.8. The van der Waals surface area contributed by atoms with Crippen molar-refractivity contribution < 1.29 is 4.79 Å². The Labute approximate surface area is 184 Å². The van der Waals surface area contributed by atoms with Crippen LogP contribution in [0.3, 0.4) is 0 Å². The third-order valence-electron chi connectivity index (χ3n) is 5.60. The maximum atomic E-state index is 11.4. The second-order valence-corrected chi connectivity index (χ2v) is 7.41. The summed E-state index contributed by atoms with van der Waals surface area (Å²) in [6.07, 6.45) is 4.54. The first-order chi connectivity index (χ1) is 13.2. The van der Waals surface area contributed by atoms with Crippen LogP contribution >= 0.6 is 24.8 Å². The van der Waals surface area contributed by atoms with Crippen molar-refractivity contribution >= 4 is 41.6 Å². The molecule has 1 aromatic heterocycles. The topological polar surface area (TPSA) is 68.0 Å². The fourth-order valence-corrected chi connectivity index (χ4v) is 4.03. The number of hydrogen-bond donors (Lipinski definition) is 2. The molecule has 4 rings (SSSR count). The normalized spacial score (nSPS) is 18.5. The van der Waals surface area contributed by atoms with Crippen LogP contribution in [0, 0.1) is 0 Å². The number of nitrogens with zero attached hydrogens (tertiary/aromatic N) is 1. The number of nitrogens with one attached hydrogen (secondary N) is 1. The van der Waals surface area contributed by atoms with E-state index >= 15 is 0 Å². The molecule has 2 aromatic carbocycles. The molecule has 1 amide bonds. The lowest BCUT2D eigenvalue weighted by atomic mass is 9.81. The lowest BCUT2D eigenvalue weighted by Gasteiger charge is -2.29. The Bertz CT molecular complexity index is 956. The molecule has 0 bridgehead atoms. The van der Waals surface area contributed by atoms with Gasteiger partial charge in [-0.1, -0.05) is 36.4 Å². The number of rotatable bonds is 5. The molecule has 3 N–H and O–H groups in total. The quantitative estimate of drug-likeness (QED) is 0.597. The molecule has 0 unspecified atom stereocenters. The van der Waals surface area contributed by atoms with Crippen molar-refractivity contribution in [3.63, 3.8) is 0 Å². The molecule has 4 nitrogen and oxygen atoms in total. The van der Waals surface area contributed by atoms with Crippen LogP contribution < -0.4 is 11.1 Å². The van der Waals surface area contributed by atoms with Crippen LogP contribution in [0.25, 0.3) is 10.9 Å². The number of nitrogens with two attached hydrogens (primary N) is 1. The molecule has 1 heterocycles. The maximum absolute atomic E-state index is 11.4. The summed E-state index contributed by atoms with van der Waals surface area (Å²) in [6.45, 7) is 0.803. The minimum absolute atomic E-state index is 0. The Morgan fingerprint density at radius 2 is 1.72 bits per heavy atom. The standard InChI is InChI=1S/C23H25N3O.2ClH/c24-23(27)19-6-3-5-18(14-19)16-8-11-20(12-9-16)25-15-21-13-10-17-4-1-2-7-22(17)26-21;;/h1-7,10,13-14,16,20,25H,8-9,11-12,15H2,(H2,24,27);2*1H. The zero-order valence-electron chi connectivity index (χ0n) is 16.2. The van der Waals surface area contributed by atoms with E-state index in [1.54, 1.807) is 6.07 Å². The summed E-state index contributed by atoms with van der Waals surface area (Å²) in [7, 11) is 0. The van der Waals surface area contributed by atoms with Gasteiger partial charge in [0.1, 0.15) is 0 Å². The second-order valence-electron chi connectivity index (χ2n) is 7.41. The Balaban J connectivity index is 0.00000150. The van der Waals surface area contributed by atoms with Gasteiger partial charge in [-0.2, -0.15) is 0 Å². The van der Waals surface area contributed by atoms with Gasteiger partial charge in [-0.3, -0.25) is 9.78 Å². The fourth-order valence-electron chi connectivity index (χ4n) is 4.03. The summed E-state index contributed by atoms with van der Waals surface area (Å²) in [5.74, 6) is 0.163. The number of benzene rings is 2. The first-order valence-corrected chi connectivity index (χ1v) is 9.67. The van der Waals surface area contributed by atoms with E-state index in [-0.39, 0.29) is 30.7 Å². The van der Waals surface area contributed by atoms with E-state index in [9.17, 15) is 4.79 Å². The van der Waals surface area contributed by atoms with Crippen molar-refractivity contribution in [2.24, 2.45) is 5.73 Å². The average molecular weight is 432 g/mol. The van der Waals surface area contributed by atoms with Crippen LogP contribution in [-0.2, 0) is 6.54 Å². The van der Waals surface area contributed by atoms with Crippen molar-refractivity contribution in [3.8, 4) is 0 Å². The van der Waals surface area contributed by atoms with Crippen molar-refractivity contribution in [1.82, 2.24) is 10.3 Å². The molecule has 1 saturated carbocycles. The van der Waals surface area contributed by atoms with E-state index in [0.717, 1.165) is 43.4 Å². The summed E-state index contributed by atoms with van der Waals surface area (Å²) in [5, 5.41) is 4.85. The number of fused-ring (bicyclic) bond motifs is 1. The van der Waals surface area contributed by atoms with Crippen LogP contribution in [0.5, 0.6) is 0 Å². The number of halogens is 2. The van der Waals surface area contributed by atoms with Gasteiger partial charge in [0.2, 0.25) is 5.91 Å². The van der Waals surface area contributed by atoms with Gasteiger partial charge in [0.05, 0.1) is 11.2 Å². The van der Waals surface area contributed by atoms with Crippen LogP contribution in [0.15, 0.2) is 60.7 Å². The van der Waals surface area contributed by atoms with Crippen LogP contribution in [0.1, 0.15) is 53.2 Å². The number of para-hydroxylation sites is 1. The first kappa shape index (κ1) is 23.1. The monoisotopic (exact) mass is 431 g/mol. The number of carbonyl (C=O) groups is 1. The number of aromatic nitrogens is 1. The molecule has 0 radical (unpaired) electrons. The Morgan fingerprint density at radius 3 is 2.48 bits per heavy atom. The molecular weight excluding hydrogens is 405 g/mol. The molecule has 29 heavy (non-hydrogen) atoms. The highest BCUT2D eigenvalue weighted by molar-refractivity contribution is 5.92. The Morgan fingerprint density at radius 1 is 0.966 bits per heavy atom. The highest BCUT2D eigenvalue weighted by atomic mass is 35.5. The highest BCUT2D eigenvalue weighted by Crippen LogP contribution is 2.33. The summed E-state index contributed by atoms with van der Waals surface area (Å²) in [4.78, 5) is 16.1. The Hall–Kier alpha value is -2.14. The minimum atomic E-state index is -0.352. The SMILES string of the molecule is Cl.Cl.NC(=O)c1cccc(C2CCC(NCc3ccc4ccccc4n3)CC2)c1. The zero-order chi connectivity index (χ0) is 18.6. The molecule has 154 valence electrons. The Kier molecular flexibility index (Phi) is 8.45.